The van der Waals surface area contributed by atoms with Gasteiger partial charge in [-0.25, -0.2) is 0 Å². The van der Waals surface area contributed by atoms with Crippen molar-refractivity contribution in [1.82, 2.24) is 0 Å². The Morgan fingerprint density at radius 1 is 1.33 bits per heavy atom. The van der Waals surface area contributed by atoms with Gasteiger partial charge in [-0.15, -0.1) is 0 Å². The van der Waals surface area contributed by atoms with Crippen LogP contribution in [0.4, 0.5) is 5.69 Å². The maximum absolute atomic E-state index is 11.8. The number of rotatable bonds is 1. The molecule has 2 heteroatoms. The molecule has 1 aliphatic rings. The lowest BCUT2D eigenvalue weighted by Gasteiger charge is -2.16. The molecule has 0 spiro atoms. The van der Waals surface area contributed by atoms with E-state index in [1.54, 1.807) is 0 Å². The lowest BCUT2D eigenvalue weighted by molar-refractivity contribution is -0.119. The number of fused-ring (bicyclic) bond motifs is 1. The van der Waals surface area contributed by atoms with E-state index in [0.29, 0.717) is 0 Å². The Hall–Kier alpha value is -1.31. The van der Waals surface area contributed by atoms with Crippen molar-refractivity contribution in [3.05, 3.63) is 28.8 Å². The van der Waals surface area contributed by atoms with Crippen LogP contribution >= 0.6 is 0 Å². The second kappa shape index (κ2) is 3.09. The van der Waals surface area contributed by atoms with Gasteiger partial charge in [0.25, 0.3) is 0 Å². The molecule has 0 aliphatic carbocycles. The third-order valence-corrected chi connectivity index (χ3v) is 3.35. The zero-order valence-electron chi connectivity index (χ0n) is 9.77. The Morgan fingerprint density at radius 3 is 2.60 bits per heavy atom. The second-order valence-corrected chi connectivity index (χ2v) is 4.76. The monoisotopic (exact) mass is 203 g/mol. The molecular weight excluding hydrogens is 186 g/mol. The van der Waals surface area contributed by atoms with Crippen LogP contribution in [-0.2, 0) is 16.6 Å². The highest BCUT2D eigenvalue weighted by molar-refractivity contribution is 6.05. The quantitative estimate of drug-likeness (QED) is 0.747. The number of hydrogen-bond acceptors (Lipinski definition) is 1. The summed E-state index contributed by atoms with van der Waals surface area (Å²) < 4.78 is 0. The minimum Gasteiger partial charge on any atom is -0.325 e. The molecule has 2 nitrogen and oxygen atoms in total. The molecule has 80 valence electrons. The fraction of sp³-hybridized carbons (Fsp3) is 0.462. The van der Waals surface area contributed by atoms with Gasteiger partial charge in [-0.3, -0.25) is 4.79 Å². The van der Waals surface area contributed by atoms with Crippen LogP contribution in [0.3, 0.4) is 0 Å². The Bertz CT molecular complexity index is 432. The molecular formula is C13H17NO. The van der Waals surface area contributed by atoms with Crippen LogP contribution in [0.15, 0.2) is 12.1 Å². The summed E-state index contributed by atoms with van der Waals surface area (Å²) in [6.07, 6.45) is 1.01. The van der Waals surface area contributed by atoms with Gasteiger partial charge >= 0.3 is 0 Å². The van der Waals surface area contributed by atoms with E-state index in [4.69, 9.17) is 0 Å². The zero-order chi connectivity index (χ0) is 11.2. The fourth-order valence-electron chi connectivity index (χ4n) is 2.16. The highest BCUT2D eigenvalue weighted by Gasteiger charge is 2.38. The van der Waals surface area contributed by atoms with E-state index < -0.39 is 0 Å². The molecule has 0 aromatic heterocycles. The van der Waals surface area contributed by atoms with Crippen LogP contribution in [0.1, 0.15) is 37.5 Å². The lowest BCUT2D eigenvalue weighted by Crippen LogP contribution is -2.26. The van der Waals surface area contributed by atoms with E-state index in [-0.39, 0.29) is 11.3 Å². The van der Waals surface area contributed by atoms with Crippen molar-refractivity contribution in [2.45, 2.75) is 39.5 Å². The first-order valence-corrected chi connectivity index (χ1v) is 5.42. The minimum atomic E-state index is -0.383. The van der Waals surface area contributed by atoms with Crippen LogP contribution in [0.25, 0.3) is 0 Å². The van der Waals surface area contributed by atoms with Gasteiger partial charge in [0.1, 0.15) is 0 Å². The van der Waals surface area contributed by atoms with Gasteiger partial charge in [-0.05, 0) is 49.9 Å². The van der Waals surface area contributed by atoms with Crippen molar-refractivity contribution in [3.63, 3.8) is 0 Å². The van der Waals surface area contributed by atoms with Crippen LogP contribution in [0, 0.1) is 6.92 Å². The number of aryl methyl sites for hydroxylation is 2. The van der Waals surface area contributed by atoms with Gasteiger partial charge in [0.2, 0.25) is 5.91 Å². The predicted octanol–water partition coefficient (Wildman–Crippen LogP) is 2.79. The molecule has 0 radical (unpaired) electrons. The standard InChI is InChI=1S/C13H17NO/c1-5-9-7-11-10(6-8(9)2)13(3,4)12(15)14-11/h6-7H,5H2,1-4H3,(H,14,15). The van der Waals surface area contributed by atoms with Gasteiger partial charge in [0.05, 0.1) is 5.41 Å². The summed E-state index contributed by atoms with van der Waals surface area (Å²) in [7, 11) is 0. The van der Waals surface area contributed by atoms with E-state index in [0.717, 1.165) is 17.7 Å². The molecule has 1 heterocycles. The number of hydrogen-bond donors (Lipinski definition) is 1. The van der Waals surface area contributed by atoms with Gasteiger partial charge in [0.15, 0.2) is 0 Å². The smallest absolute Gasteiger partial charge is 0.234 e. The summed E-state index contributed by atoms with van der Waals surface area (Å²) in [6.45, 7) is 8.19. The molecule has 15 heavy (non-hydrogen) atoms. The Balaban J connectivity index is 2.61. The molecule has 1 aliphatic heterocycles. The van der Waals surface area contributed by atoms with Crippen molar-refractivity contribution in [3.8, 4) is 0 Å². The Kier molecular flexibility index (Phi) is 2.10. The molecule has 1 amide bonds. The summed E-state index contributed by atoms with van der Waals surface area (Å²) in [6, 6.07) is 4.25. The van der Waals surface area contributed by atoms with Crippen LogP contribution in [0.5, 0.6) is 0 Å². The van der Waals surface area contributed by atoms with E-state index in [1.807, 2.05) is 13.8 Å². The first-order chi connectivity index (χ1) is 6.96. The number of carbonyl (C=O) groups is 1. The molecule has 1 aromatic rings. The molecule has 0 unspecified atom stereocenters. The number of benzene rings is 1. The molecule has 0 fully saturated rings. The minimum absolute atomic E-state index is 0.102. The highest BCUT2D eigenvalue weighted by atomic mass is 16.2. The van der Waals surface area contributed by atoms with Gasteiger partial charge in [0, 0.05) is 5.69 Å². The largest absolute Gasteiger partial charge is 0.325 e. The summed E-state index contributed by atoms with van der Waals surface area (Å²) in [5.41, 5.74) is 4.33. The summed E-state index contributed by atoms with van der Waals surface area (Å²) in [4.78, 5) is 11.8. The first-order valence-electron chi connectivity index (χ1n) is 5.42. The average molecular weight is 203 g/mol. The number of nitrogens with one attached hydrogen (secondary N) is 1. The third kappa shape index (κ3) is 1.36. The van der Waals surface area contributed by atoms with Crippen molar-refractivity contribution < 1.29 is 4.79 Å². The molecule has 1 aromatic carbocycles. The molecule has 0 saturated carbocycles. The van der Waals surface area contributed by atoms with E-state index >= 15 is 0 Å². The molecule has 0 atom stereocenters. The Morgan fingerprint density at radius 2 is 2.00 bits per heavy atom. The van der Waals surface area contributed by atoms with Gasteiger partial charge < -0.3 is 5.32 Å². The van der Waals surface area contributed by atoms with Crippen molar-refractivity contribution in [2.24, 2.45) is 0 Å². The van der Waals surface area contributed by atoms with E-state index in [1.165, 1.54) is 11.1 Å². The third-order valence-electron chi connectivity index (χ3n) is 3.35. The van der Waals surface area contributed by atoms with Crippen molar-refractivity contribution >= 4 is 11.6 Å². The van der Waals surface area contributed by atoms with Crippen LogP contribution in [0.2, 0.25) is 0 Å². The lowest BCUT2D eigenvalue weighted by atomic mass is 9.84. The maximum atomic E-state index is 11.8. The molecule has 0 bridgehead atoms. The van der Waals surface area contributed by atoms with E-state index in [9.17, 15) is 4.79 Å². The second-order valence-electron chi connectivity index (χ2n) is 4.76. The van der Waals surface area contributed by atoms with Crippen molar-refractivity contribution in [1.29, 1.82) is 0 Å². The normalized spacial score (nSPS) is 17.5. The van der Waals surface area contributed by atoms with Crippen molar-refractivity contribution in [2.75, 3.05) is 5.32 Å². The summed E-state index contributed by atoms with van der Waals surface area (Å²) in [5.74, 6) is 0.102. The fourth-order valence-corrected chi connectivity index (χ4v) is 2.16. The average Bonchev–Trinajstić information content (AvgIpc) is 2.39. The first kappa shape index (κ1) is 10.2. The zero-order valence-corrected chi connectivity index (χ0v) is 9.77. The topological polar surface area (TPSA) is 29.1 Å². The highest BCUT2D eigenvalue weighted by Crippen LogP contribution is 2.38. The predicted molar refractivity (Wildman–Crippen MR) is 62.2 cm³/mol. The van der Waals surface area contributed by atoms with Crippen LogP contribution in [-0.4, -0.2) is 5.91 Å². The van der Waals surface area contributed by atoms with E-state index in [2.05, 4.69) is 31.3 Å². The summed E-state index contributed by atoms with van der Waals surface area (Å²) in [5, 5.41) is 2.95. The molecule has 0 saturated heterocycles. The number of carbonyl (C=O) groups excluding carboxylic acids is 1. The Labute approximate surface area is 90.7 Å². The SMILES string of the molecule is CCc1cc2c(cc1C)C(C)(C)C(=O)N2. The molecule has 2 rings (SSSR count). The number of amides is 1. The van der Waals surface area contributed by atoms with Crippen LogP contribution < -0.4 is 5.32 Å². The van der Waals surface area contributed by atoms with Gasteiger partial charge in [-0.1, -0.05) is 13.0 Å². The number of anilines is 1. The summed E-state index contributed by atoms with van der Waals surface area (Å²) >= 11 is 0. The van der Waals surface area contributed by atoms with Gasteiger partial charge in [-0.2, -0.15) is 0 Å². The molecule has 1 N–H and O–H groups in total. The maximum Gasteiger partial charge on any atom is 0.234 e.